The molecule has 7 rings (SSSR count). The van der Waals surface area contributed by atoms with Gasteiger partial charge in [0.05, 0.1) is 16.9 Å². The third-order valence-corrected chi connectivity index (χ3v) is 8.55. The van der Waals surface area contributed by atoms with E-state index in [1.165, 1.54) is 28.5 Å². The summed E-state index contributed by atoms with van der Waals surface area (Å²) in [6, 6.07) is 35.4. The number of hydrogen-bond acceptors (Lipinski definition) is 3. The average Bonchev–Trinajstić information content (AvgIpc) is 3.69. The van der Waals surface area contributed by atoms with Crippen LogP contribution >= 0.6 is 0 Å². The molecule has 0 aliphatic carbocycles. The number of rotatable bonds is 8. The summed E-state index contributed by atoms with van der Waals surface area (Å²) in [5, 5.41) is 1.09. The molecule has 247 valence electrons. The molecule has 0 unspecified atom stereocenters. The molecule has 48 heavy (non-hydrogen) atoms. The van der Waals surface area contributed by atoms with Gasteiger partial charge in [-0.1, -0.05) is 118 Å². The molecule has 0 aliphatic rings. The van der Waals surface area contributed by atoms with Crippen molar-refractivity contribution in [2.45, 2.75) is 72.7 Å². The largest absolute Gasteiger partial charge is 0.557 e. The van der Waals surface area contributed by atoms with E-state index in [0.29, 0.717) is 11.8 Å². The van der Waals surface area contributed by atoms with E-state index in [-0.39, 0.29) is 25.7 Å². The van der Waals surface area contributed by atoms with Crippen LogP contribution in [0, 0.1) is 19.2 Å². The van der Waals surface area contributed by atoms with Crippen LogP contribution in [-0.4, -0.2) is 14.5 Å². The summed E-state index contributed by atoms with van der Waals surface area (Å²) in [5.41, 5.74) is 11.3. The second-order valence-electron chi connectivity index (χ2n) is 12.6. The van der Waals surface area contributed by atoms with Crippen LogP contribution in [0.1, 0.15) is 84.8 Å². The van der Waals surface area contributed by atoms with Gasteiger partial charge in [-0.05, 0) is 65.2 Å². The summed E-state index contributed by atoms with van der Waals surface area (Å²) in [6.07, 6.45) is 6.76. The second kappa shape index (κ2) is 15.7. The summed E-state index contributed by atoms with van der Waals surface area (Å²) in [6.45, 7) is 10.0. The van der Waals surface area contributed by atoms with Crippen molar-refractivity contribution in [3.8, 4) is 22.6 Å². The summed E-state index contributed by atoms with van der Waals surface area (Å²) < 4.78 is 29.9. The number of benzene rings is 4. The number of aromatic nitrogens is 3. The number of nitrogens with zero attached hydrogens (tertiary/aromatic N) is 3. The minimum Gasteiger partial charge on any atom is -0.557 e. The molecular formula is C43H43IrN3O-2. The molecule has 0 aliphatic heterocycles. The molecule has 0 atom stereocenters. The van der Waals surface area contributed by atoms with Gasteiger partial charge in [0.15, 0.2) is 0 Å². The number of aryl methyl sites for hydroxylation is 2. The summed E-state index contributed by atoms with van der Waals surface area (Å²) in [4.78, 5) is 9.22. The van der Waals surface area contributed by atoms with Gasteiger partial charge in [0.1, 0.15) is 0 Å². The minimum absolute atomic E-state index is 0. The third-order valence-electron chi connectivity index (χ3n) is 8.55. The smallest absolute Gasteiger partial charge is 0.0770 e. The first-order chi connectivity index (χ1) is 24.0. The second-order valence-corrected chi connectivity index (χ2v) is 12.6. The Kier molecular flexibility index (Phi) is 10.2. The maximum atomic E-state index is 7.23. The number of para-hydroxylation sites is 2. The van der Waals surface area contributed by atoms with E-state index in [4.69, 9.17) is 13.5 Å². The molecule has 3 heterocycles. The quantitative estimate of drug-likeness (QED) is 0.144. The Labute approximate surface area is 302 Å². The zero-order chi connectivity index (χ0) is 35.4. The Morgan fingerprint density at radius 2 is 1.65 bits per heavy atom. The fourth-order valence-corrected chi connectivity index (χ4v) is 6.21. The minimum atomic E-state index is -2.09. The van der Waals surface area contributed by atoms with Crippen LogP contribution < -0.4 is 0 Å². The van der Waals surface area contributed by atoms with Crippen LogP contribution in [-0.2, 0) is 33.1 Å². The van der Waals surface area contributed by atoms with Crippen LogP contribution in [0.5, 0.6) is 0 Å². The molecule has 0 saturated heterocycles. The number of pyridine rings is 1. The molecule has 5 heteroatoms. The van der Waals surface area contributed by atoms with Crippen molar-refractivity contribution in [2.24, 2.45) is 0 Å². The molecule has 0 spiro atoms. The number of fused-ring (bicyclic) bond motifs is 2. The van der Waals surface area contributed by atoms with Crippen LogP contribution in [0.3, 0.4) is 0 Å². The van der Waals surface area contributed by atoms with Crippen molar-refractivity contribution in [1.29, 1.82) is 0 Å². The van der Waals surface area contributed by atoms with Gasteiger partial charge >= 0.3 is 0 Å². The molecular weight excluding hydrogens is 767 g/mol. The van der Waals surface area contributed by atoms with Crippen LogP contribution in [0.15, 0.2) is 108 Å². The predicted octanol–water partition coefficient (Wildman–Crippen LogP) is 11.4. The van der Waals surface area contributed by atoms with Gasteiger partial charge in [0.25, 0.3) is 0 Å². The van der Waals surface area contributed by atoms with Crippen molar-refractivity contribution >= 4 is 22.0 Å². The van der Waals surface area contributed by atoms with Gasteiger partial charge in [-0.15, -0.1) is 35.9 Å². The molecule has 4 aromatic carbocycles. The number of furan rings is 1. The molecule has 0 fully saturated rings. The topological polar surface area (TPSA) is 43.9 Å². The van der Waals surface area contributed by atoms with Crippen molar-refractivity contribution in [2.75, 3.05) is 0 Å². The number of imidazole rings is 1. The molecule has 7 aromatic rings. The van der Waals surface area contributed by atoms with E-state index in [1.54, 1.807) is 18.2 Å². The van der Waals surface area contributed by atoms with Crippen molar-refractivity contribution in [1.82, 2.24) is 14.5 Å². The maximum Gasteiger partial charge on any atom is 0.0770 e. The average molecular weight is 813 g/mol. The fraction of sp³-hybridized carbons (Fsp3) is 0.256. The van der Waals surface area contributed by atoms with E-state index in [0.717, 1.165) is 64.0 Å². The standard InChI is InChI=1S/C31H33N2O.C12H10N.Ir/c1-6-10-22-15-16-30-25(17-22)27(19-34-30)31-32-28-13-7-8-14-29(28)33(31)18-26-23(20(2)3)11-9-12-24(26)21(4)5;1-10-7-8-12(13-9-10)11-5-3-2-4-6-11;/h7-9,11-17,20-21H,6,10,18H2,1-5H3;2-5,7-9H,1H3;/q2*-1;/i;1D3;. The zero-order valence-electron chi connectivity index (χ0n) is 31.2. The molecule has 3 aromatic heterocycles. The first-order valence-electron chi connectivity index (χ1n) is 18.0. The van der Waals surface area contributed by atoms with E-state index >= 15 is 0 Å². The van der Waals surface area contributed by atoms with E-state index in [1.807, 2.05) is 18.2 Å². The van der Waals surface area contributed by atoms with E-state index in [2.05, 4.69) is 117 Å². The van der Waals surface area contributed by atoms with Crippen molar-refractivity contribution < 1.29 is 28.6 Å². The van der Waals surface area contributed by atoms with Crippen molar-refractivity contribution in [3.63, 3.8) is 0 Å². The Morgan fingerprint density at radius 1 is 0.875 bits per heavy atom. The maximum absolute atomic E-state index is 7.23. The Balaban J connectivity index is 0.000000249. The third kappa shape index (κ3) is 7.54. The first-order valence-corrected chi connectivity index (χ1v) is 16.5. The molecule has 0 bridgehead atoms. The van der Waals surface area contributed by atoms with Gasteiger partial charge in [0, 0.05) is 48.8 Å². The van der Waals surface area contributed by atoms with E-state index in [9.17, 15) is 0 Å². The number of hydrogen-bond donors (Lipinski definition) is 0. The molecule has 0 amide bonds. The Bertz CT molecular complexity index is 2170. The van der Waals surface area contributed by atoms with Crippen LogP contribution in [0.4, 0.5) is 0 Å². The Morgan fingerprint density at radius 3 is 2.31 bits per heavy atom. The fourth-order valence-electron chi connectivity index (χ4n) is 6.21. The monoisotopic (exact) mass is 813 g/mol. The van der Waals surface area contributed by atoms with Gasteiger partial charge in [-0.25, -0.2) is 0 Å². The molecule has 0 N–H and O–H groups in total. The molecule has 1 radical (unpaired) electrons. The Hall–Kier alpha value is -4.31. The van der Waals surface area contributed by atoms with Crippen molar-refractivity contribution in [3.05, 3.63) is 143 Å². The van der Waals surface area contributed by atoms with Gasteiger partial charge in [0.2, 0.25) is 0 Å². The summed E-state index contributed by atoms with van der Waals surface area (Å²) >= 11 is 0. The normalized spacial score (nSPS) is 12.4. The molecule has 0 saturated carbocycles. The van der Waals surface area contributed by atoms with Crippen LogP contribution in [0.2, 0.25) is 0 Å². The van der Waals surface area contributed by atoms with Gasteiger partial charge in [-0.2, -0.15) is 0 Å². The SMILES string of the molecule is CCCc1ccc2o[c-]c(-c3nc4ccccc4n3Cc3c(C(C)C)cccc3C(C)C)c2c1.[2H]C([2H])([2H])c1ccc(-c2[c-]cccc2)nc1.[Ir]. The predicted molar refractivity (Wildman–Crippen MR) is 195 cm³/mol. The van der Waals surface area contributed by atoms with E-state index < -0.39 is 6.85 Å². The molecule has 4 nitrogen and oxygen atoms in total. The first kappa shape index (κ1) is 31.0. The van der Waals surface area contributed by atoms with Crippen LogP contribution in [0.25, 0.3) is 44.6 Å². The van der Waals surface area contributed by atoms with Gasteiger partial charge < -0.3 is 14.0 Å². The van der Waals surface area contributed by atoms with Gasteiger partial charge in [-0.3, -0.25) is 4.98 Å². The zero-order valence-corrected chi connectivity index (χ0v) is 30.6. The summed E-state index contributed by atoms with van der Waals surface area (Å²) in [5.74, 6) is 1.82. The summed E-state index contributed by atoms with van der Waals surface area (Å²) in [7, 11) is 0.